The Hall–Kier alpha value is -0.710. The summed E-state index contributed by atoms with van der Waals surface area (Å²) in [6.45, 7) is 0. The van der Waals surface area contributed by atoms with Crippen molar-refractivity contribution in [2.24, 2.45) is 0 Å². The van der Waals surface area contributed by atoms with Crippen molar-refractivity contribution in [1.29, 1.82) is 0 Å². The molecule has 0 aromatic heterocycles. The molecule has 88 valence electrons. The number of Topliss-reactive ketones (excluding diaryl/α,β-unsaturated/α-hetero) is 1. The molecule has 1 heterocycles. The molecule has 0 N–H and O–H groups in total. The molecule has 0 bridgehead atoms. The first-order valence-corrected chi connectivity index (χ1v) is 5.98. The van der Waals surface area contributed by atoms with Gasteiger partial charge >= 0.3 is 0 Å². The third-order valence-corrected chi connectivity index (χ3v) is 3.55. The third kappa shape index (κ3) is 1.81. The van der Waals surface area contributed by atoms with Gasteiger partial charge in [0.15, 0.2) is 0 Å². The molecule has 16 heavy (non-hydrogen) atoms. The summed E-state index contributed by atoms with van der Waals surface area (Å²) >= 11 is 0. The summed E-state index contributed by atoms with van der Waals surface area (Å²) in [5, 5.41) is 0. The molecule has 2 aliphatic carbocycles. The van der Waals surface area contributed by atoms with Gasteiger partial charge in [-0.1, -0.05) is 12.2 Å². The smallest absolute Gasteiger partial charge is 0.203 e. The van der Waals surface area contributed by atoms with Crippen LogP contribution in [0.4, 0.5) is 0 Å². The fourth-order valence-corrected chi connectivity index (χ4v) is 2.53. The Balaban J connectivity index is 1.72. The minimum atomic E-state index is -0.670. The van der Waals surface area contributed by atoms with Crippen LogP contribution in [-0.2, 0) is 19.3 Å². The number of rotatable bonds is 0. The maximum Gasteiger partial charge on any atom is 0.203 e. The highest BCUT2D eigenvalue weighted by Crippen LogP contribution is 2.39. The summed E-state index contributed by atoms with van der Waals surface area (Å²) in [6.07, 6.45) is 8.44. The molecule has 0 amide bonds. The second-order valence-corrected chi connectivity index (χ2v) is 4.76. The van der Waals surface area contributed by atoms with Crippen LogP contribution >= 0.6 is 0 Å². The molecule has 4 heteroatoms. The SMILES string of the molecule is O=C1CCC2(CC1)OOC1CCC=CC1O2. The minimum Gasteiger partial charge on any atom is -0.337 e. The quantitative estimate of drug-likeness (QED) is 0.465. The fraction of sp³-hybridized carbons (Fsp3) is 0.750. The average molecular weight is 224 g/mol. The predicted octanol–water partition coefficient (Wildman–Crippen LogP) is 1.89. The van der Waals surface area contributed by atoms with Crippen LogP contribution in [0.5, 0.6) is 0 Å². The highest BCUT2D eigenvalue weighted by molar-refractivity contribution is 5.79. The molecule has 1 aliphatic heterocycles. The molecule has 4 nitrogen and oxygen atoms in total. The zero-order valence-electron chi connectivity index (χ0n) is 9.19. The number of carbonyl (C=O) groups excluding carboxylic acids is 1. The van der Waals surface area contributed by atoms with Crippen LogP contribution in [0.2, 0.25) is 0 Å². The second kappa shape index (κ2) is 3.95. The van der Waals surface area contributed by atoms with Crippen LogP contribution in [0.15, 0.2) is 12.2 Å². The Morgan fingerprint density at radius 2 is 2.12 bits per heavy atom. The largest absolute Gasteiger partial charge is 0.337 e. The van der Waals surface area contributed by atoms with E-state index in [0.29, 0.717) is 31.5 Å². The maximum atomic E-state index is 11.2. The first kappa shape index (κ1) is 10.4. The number of ketones is 1. The van der Waals surface area contributed by atoms with Crippen molar-refractivity contribution >= 4 is 5.78 Å². The van der Waals surface area contributed by atoms with E-state index in [9.17, 15) is 4.79 Å². The number of carbonyl (C=O) groups is 1. The molecule has 2 unspecified atom stereocenters. The second-order valence-electron chi connectivity index (χ2n) is 4.76. The van der Waals surface area contributed by atoms with E-state index in [1.54, 1.807) is 0 Å². The van der Waals surface area contributed by atoms with E-state index < -0.39 is 5.79 Å². The summed E-state index contributed by atoms with van der Waals surface area (Å²) < 4.78 is 5.98. The van der Waals surface area contributed by atoms with Gasteiger partial charge in [0.2, 0.25) is 5.79 Å². The monoisotopic (exact) mass is 224 g/mol. The van der Waals surface area contributed by atoms with Crippen molar-refractivity contribution in [2.75, 3.05) is 0 Å². The normalized spacial score (nSPS) is 37.4. The van der Waals surface area contributed by atoms with Crippen molar-refractivity contribution in [3.63, 3.8) is 0 Å². The number of fused-ring (bicyclic) bond motifs is 1. The summed E-state index contributed by atoms with van der Waals surface area (Å²) in [5.74, 6) is -0.379. The molecule has 1 saturated carbocycles. The lowest BCUT2D eigenvalue weighted by molar-refractivity contribution is -0.501. The van der Waals surface area contributed by atoms with Crippen LogP contribution in [0.1, 0.15) is 38.5 Å². The third-order valence-electron chi connectivity index (χ3n) is 3.55. The minimum absolute atomic E-state index is 0.00398. The van der Waals surface area contributed by atoms with Crippen LogP contribution in [0.25, 0.3) is 0 Å². The summed E-state index contributed by atoms with van der Waals surface area (Å²) in [5.41, 5.74) is 0. The fourth-order valence-electron chi connectivity index (χ4n) is 2.53. The molecule has 3 rings (SSSR count). The summed E-state index contributed by atoms with van der Waals surface area (Å²) in [6, 6.07) is 0. The molecule has 0 aromatic carbocycles. The Morgan fingerprint density at radius 3 is 2.94 bits per heavy atom. The van der Waals surface area contributed by atoms with Gasteiger partial charge < -0.3 is 4.74 Å². The van der Waals surface area contributed by atoms with Crippen molar-refractivity contribution in [1.82, 2.24) is 0 Å². The molecule has 2 atom stereocenters. The zero-order valence-corrected chi connectivity index (χ0v) is 9.19. The van der Waals surface area contributed by atoms with E-state index in [1.807, 2.05) is 0 Å². The van der Waals surface area contributed by atoms with Gasteiger partial charge in [0.25, 0.3) is 0 Å². The van der Waals surface area contributed by atoms with E-state index in [4.69, 9.17) is 14.5 Å². The van der Waals surface area contributed by atoms with Crippen molar-refractivity contribution in [3.05, 3.63) is 12.2 Å². The van der Waals surface area contributed by atoms with Crippen molar-refractivity contribution in [3.8, 4) is 0 Å². The van der Waals surface area contributed by atoms with E-state index >= 15 is 0 Å². The van der Waals surface area contributed by atoms with Crippen LogP contribution in [0.3, 0.4) is 0 Å². The van der Waals surface area contributed by atoms with Gasteiger partial charge in [-0.25, -0.2) is 9.78 Å². The molecular formula is C12H16O4. The number of hydrogen-bond donors (Lipinski definition) is 0. The van der Waals surface area contributed by atoms with Gasteiger partial charge in [0.1, 0.15) is 18.0 Å². The van der Waals surface area contributed by atoms with Gasteiger partial charge in [0, 0.05) is 25.7 Å². The molecule has 3 aliphatic rings. The number of ether oxygens (including phenoxy) is 1. The van der Waals surface area contributed by atoms with Gasteiger partial charge in [-0.15, -0.1) is 0 Å². The summed E-state index contributed by atoms with van der Waals surface area (Å²) in [7, 11) is 0. The molecular weight excluding hydrogens is 208 g/mol. The van der Waals surface area contributed by atoms with E-state index in [0.717, 1.165) is 12.8 Å². The standard InChI is InChI=1S/C12H16O4/c13-9-5-7-12(8-6-9)14-10-3-1-2-4-11(10)15-16-12/h1,3,10-11H,2,4-8H2. The van der Waals surface area contributed by atoms with Gasteiger partial charge in [-0.05, 0) is 12.8 Å². The Labute approximate surface area is 94.5 Å². The van der Waals surface area contributed by atoms with Crippen LogP contribution in [0, 0.1) is 0 Å². The first-order valence-electron chi connectivity index (χ1n) is 5.98. The molecule has 2 fully saturated rings. The van der Waals surface area contributed by atoms with Crippen LogP contribution in [-0.4, -0.2) is 23.8 Å². The van der Waals surface area contributed by atoms with E-state index in [2.05, 4.69) is 12.2 Å². The van der Waals surface area contributed by atoms with E-state index in [1.165, 1.54) is 0 Å². The highest BCUT2D eigenvalue weighted by atomic mass is 17.2. The Kier molecular flexibility index (Phi) is 2.58. The predicted molar refractivity (Wildman–Crippen MR) is 55.4 cm³/mol. The molecule has 0 radical (unpaired) electrons. The van der Waals surface area contributed by atoms with E-state index in [-0.39, 0.29) is 12.2 Å². The lowest BCUT2D eigenvalue weighted by Gasteiger charge is -2.44. The zero-order chi connectivity index (χ0) is 11.0. The maximum absolute atomic E-state index is 11.2. The lowest BCUT2D eigenvalue weighted by Crippen LogP contribution is -2.52. The van der Waals surface area contributed by atoms with Gasteiger partial charge in [-0.2, -0.15) is 0 Å². The molecule has 1 saturated heterocycles. The number of hydrogen-bond acceptors (Lipinski definition) is 4. The molecule has 0 aromatic rings. The lowest BCUT2D eigenvalue weighted by atomic mass is 9.92. The van der Waals surface area contributed by atoms with Crippen LogP contribution < -0.4 is 0 Å². The topological polar surface area (TPSA) is 44.8 Å². The highest BCUT2D eigenvalue weighted by Gasteiger charge is 2.46. The average Bonchev–Trinajstić information content (AvgIpc) is 2.33. The number of allylic oxidation sites excluding steroid dienone is 1. The van der Waals surface area contributed by atoms with Crippen molar-refractivity contribution in [2.45, 2.75) is 56.5 Å². The Bertz CT molecular complexity index is 313. The van der Waals surface area contributed by atoms with Gasteiger partial charge in [-0.3, -0.25) is 4.79 Å². The molecule has 1 spiro atoms. The first-order chi connectivity index (χ1) is 7.77. The van der Waals surface area contributed by atoms with Gasteiger partial charge in [0.05, 0.1) is 0 Å². The summed E-state index contributed by atoms with van der Waals surface area (Å²) in [4.78, 5) is 22.0. The Morgan fingerprint density at radius 1 is 1.31 bits per heavy atom. The van der Waals surface area contributed by atoms with Crippen molar-refractivity contribution < 1.29 is 19.3 Å².